The molecule has 0 aromatic heterocycles. The van der Waals surface area contributed by atoms with E-state index in [1.165, 1.54) is 97.1 Å². The highest BCUT2D eigenvalue weighted by atomic mass is 16.3. The Bertz CT molecular complexity index is 756. The van der Waals surface area contributed by atoms with Crippen LogP contribution in [0.5, 0.6) is 46.0 Å². The molecule has 33 heavy (non-hydrogen) atoms. The van der Waals surface area contributed by atoms with E-state index in [1.54, 1.807) is 0 Å². The van der Waals surface area contributed by atoms with Gasteiger partial charge in [0.2, 0.25) is 0 Å². The Morgan fingerprint density at radius 3 is 0.333 bits per heavy atom. The number of benzene rings is 4. The van der Waals surface area contributed by atoms with Crippen LogP contribution in [0, 0.1) is 0 Å². The first kappa shape index (κ1) is 28.3. The summed E-state index contributed by atoms with van der Waals surface area (Å²) in [4.78, 5) is 0. The van der Waals surface area contributed by atoms with E-state index in [-0.39, 0.29) is 53.4 Å². The van der Waals surface area contributed by atoms with E-state index in [0.717, 1.165) is 0 Å². The normalized spacial score (nSPS) is 8.73. The van der Waals surface area contributed by atoms with Gasteiger partial charge in [0.25, 0.3) is 0 Å². The fraction of sp³-hybridized carbons (Fsp3) is 0.0400. The van der Waals surface area contributed by atoms with Crippen molar-refractivity contribution >= 4 is 0 Å². The van der Waals surface area contributed by atoms with Gasteiger partial charge in [0.1, 0.15) is 46.0 Å². The minimum absolute atomic E-state index is 0. The molecule has 4 rings (SSSR count). The molecule has 0 saturated heterocycles. The zero-order valence-corrected chi connectivity index (χ0v) is 16.8. The van der Waals surface area contributed by atoms with Gasteiger partial charge in [-0.25, -0.2) is 0 Å². The zero-order chi connectivity index (χ0) is 23.9. The first-order chi connectivity index (χ1) is 15.2. The Labute approximate surface area is 191 Å². The monoisotopic (exact) mass is 456 g/mol. The van der Waals surface area contributed by atoms with Gasteiger partial charge in [-0.3, -0.25) is 0 Å². The molecule has 0 unspecified atom stereocenters. The minimum Gasteiger partial charge on any atom is -0.508 e. The molecular formula is C25H28O8. The fourth-order valence-corrected chi connectivity index (χ4v) is 1.81. The van der Waals surface area contributed by atoms with Gasteiger partial charge in [0.05, 0.1) is 0 Å². The Kier molecular flexibility index (Phi) is 13.0. The molecule has 8 nitrogen and oxygen atoms in total. The van der Waals surface area contributed by atoms with Gasteiger partial charge in [-0.1, -0.05) is 7.43 Å². The van der Waals surface area contributed by atoms with Gasteiger partial charge < -0.3 is 40.9 Å². The maximum absolute atomic E-state index is 8.65. The van der Waals surface area contributed by atoms with Crippen LogP contribution in [-0.2, 0) is 0 Å². The van der Waals surface area contributed by atoms with Crippen LogP contribution in [0.25, 0.3) is 0 Å². The third-order valence-electron chi connectivity index (χ3n) is 3.40. The van der Waals surface area contributed by atoms with Crippen LogP contribution < -0.4 is 0 Å². The summed E-state index contributed by atoms with van der Waals surface area (Å²) in [6, 6.07) is 22.8. The molecule has 0 bridgehead atoms. The van der Waals surface area contributed by atoms with Gasteiger partial charge in [-0.2, -0.15) is 0 Å². The van der Waals surface area contributed by atoms with Crippen LogP contribution in [-0.4, -0.2) is 40.9 Å². The van der Waals surface area contributed by atoms with Crippen LogP contribution in [0.2, 0.25) is 0 Å². The van der Waals surface area contributed by atoms with Crippen LogP contribution >= 0.6 is 0 Å². The Hall–Kier alpha value is -4.72. The van der Waals surface area contributed by atoms with Crippen molar-refractivity contribution in [3.05, 3.63) is 97.1 Å². The van der Waals surface area contributed by atoms with Crippen LogP contribution in [0.4, 0.5) is 0 Å². The molecule has 0 aliphatic carbocycles. The summed E-state index contributed by atoms with van der Waals surface area (Å²) in [7, 11) is 0. The van der Waals surface area contributed by atoms with Gasteiger partial charge in [-0.05, 0) is 97.1 Å². The van der Waals surface area contributed by atoms with Crippen LogP contribution in [0.3, 0.4) is 0 Å². The Balaban J connectivity index is 0.000000410. The minimum atomic E-state index is 0. The molecule has 0 heterocycles. The lowest BCUT2D eigenvalue weighted by molar-refractivity contribution is 0.460. The second-order valence-electron chi connectivity index (χ2n) is 6.07. The fourth-order valence-electron chi connectivity index (χ4n) is 1.81. The van der Waals surface area contributed by atoms with E-state index in [2.05, 4.69) is 0 Å². The average molecular weight is 456 g/mol. The first-order valence-corrected chi connectivity index (χ1v) is 9.07. The summed E-state index contributed by atoms with van der Waals surface area (Å²) in [5.74, 6) is 1.35. The summed E-state index contributed by atoms with van der Waals surface area (Å²) in [6.45, 7) is 0. The van der Waals surface area contributed by atoms with E-state index in [1.807, 2.05) is 0 Å². The van der Waals surface area contributed by atoms with Gasteiger partial charge in [0, 0.05) is 0 Å². The van der Waals surface area contributed by atoms with Crippen molar-refractivity contribution in [3.8, 4) is 46.0 Å². The quantitative estimate of drug-likeness (QED) is 0.171. The zero-order valence-electron chi connectivity index (χ0n) is 16.8. The van der Waals surface area contributed by atoms with E-state index in [4.69, 9.17) is 40.9 Å². The smallest absolute Gasteiger partial charge is 0.115 e. The van der Waals surface area contributed by atoms with Gasteiger partial charge >= 0.3 is 0 Å². The third-order valence-corrected chi connectivity index (χ3v) is 3.40. The summed E-state index contributed by atoms with van der Waals surface area (Å²) < 4.78 is 0. The summed E-state index contributed by atoms with van der Waals surface area (Å²) in [5.41, 5.74) is 0. The summed E-state index contributed by atoms with van der Waals surface area (Å²) in [6.07, 6.45) is 0. The van der Waals surface area contributed by atoms with Crippen molar-refractivity contribution in [1.29, 1.82) is 0 Å². The standard InChI is InChI=1S/4C6H6O2.CH4/c4*7-5-1-2-6(8)4-3-5;/h4*1-4,7-8H;1H4. The number of rotatable bonds is 0. The Morgan fingerprint density at radius 1 is 0.212 bits per heavy atom. The highest BCUT2D eigenvalue weighted by Crippen LogP contribution is 2.15. The number of hydrogen-bond donors (Lipinski definition) is 8. The number of hydrogen-bond acceptors (Lipinski definition) is 8. The maximum Gasteiger partial charge on any atom is 0.115 e. The third kappa shape index (κ3) is 14.0. The van der Waals surface area contributed by atoms with Crippen LogP contribution in [0.1, 0.15) is 7.43 Å². The second-order valence-corrected chi connectivity index (χ2v) is 6.07. The second kappa shape index (κ2) is 15.1. The molecule has 4 aromatic carbocycles. The van der Waals surface area contributed by atoms with E-state index >= 15 is 0 Å². The van der Waals surface area contributed by atoms with Crippen molar-refractivity contribution in [2.24, 2.45) is 0 Å². The molecule has 0 radical (unpaired) electrons. The maximum atomic E-state index is 8.65. The van der Waals surface area contributed by atoms with Gasteiger partial charge in [0.15, 0.2) is 0 Å². The molecule has 0 atom stereocenters. The van der Waals surface area contributed by atoms with E-state index in [9.17, 15) is 0 Å². The molecule has 0 aliphatic heterocycles. The average Bonchev–Trinajstić information content (AvgIpc) is 2.78. The highest BCUT2D eigenvalue weighted by Gasteiger charge is 1.86. The molecule has 176 valence electrons. The van der Waals surface area contributed by atoms with Crippen molar-refractivity contribution in [3.63, 3.8) is 0 Å². The number of phenolic OH excluding ortho intramolecular Hbond substituents is 8. The van der Waals surface area contributed by atoms with E-state index < -0.39 is 0 Å². The molecule has 0 spiro atoms. The number of phenols is 8. The summed E-state index contributed by atoms with van der Waals surface area (Å²) >= 11 is 0. The molecule has 0 fully saturated rings. The topological polar surface area (TPSA) is 162 Å². The molecule has 0 aliphatic rings. The predicted molar refractivity (Wildman–Crippen MR) is 126 cm³/mol. The highest BCUT2D eigenvalue weighted by molar-refractivity contribution is 5.30. The van der Waals surface area contributed by atoms with Crippen molar-refractivity contribution in [1.82, 2.24) is 0 Å². The summed E-state index contributed by atoms with van der Waals surface area (Å²) in [5, 5.41) is 69.2. The SMILES string of the molecule is C.Oc1ccc(O)cc1.Oc1ccc(O)cc1.Oc1ccc(O)cc1.Oc1ccc(O)cc1. The molecule has 8 N–H and O–H groups in total. The lowest BCUT2D eigenvalue weighted by atomic mass is 10.3. The molecular weight excluding hydrogens is 428 g/mol. The largest absolute Gasteiger partial charge is 0.508 e. The lowest BCUT2D eigenvalue weighted by Gasteiger charge is -1.88. The lowest BCUT2D eigenvalue weighted by Crippen LogP contribution is -1.61. The van der Waals surface area contributed by atoms with Crippen LogP contribution in [0.15, 0.2) is 97.1 Å². The van der Waals surface area contributed by atoms with Crippen molar-refractivity contribution in [2.75, 3.05) is 0 Å². The molecule has 0 saturated carbocycles. The number of aromatic hydroxyl groups is 8. The molecule has 4 aromatic rings. The predicted octanol–water partition coefficient (Wildman–Crippen LogP) is 5.03. The van der Waals surface area contributed by atoms with Gasteiger partial charge in [-0.15, -0.1) is 0 Å². The first-order valence-electron chi connectivity index (χ1n) is 9.07. The van der Waals surface area contributed by atoms with Crippen molar-refractivity contribution < 1.29 is 40.9 Å². The van der Waals surface area contributed by atoms with E-state index in [0.29, 0.717) is 0 Å². The molecule has 8 heteroatoms. The van der Waals surface area contributed by atoms with Crippen molar-refractivity contribution in [2.45, 2.75) is 7.43 Å². The Morgan fingerprint density at radius 2 is 0.273 bits per heavy atom. The molecule has 0 amide bonds.